The van der Waals surface area contributed by atoms with Gasteiger partial charge in [0, 0.05) is 59.2 Å². The summed E-state index contributed by atoms with van der Waals surface area (Å²) in [6, 6.07) is 10.5. The second-order valence-electron chi connectivity index (χ2n) is 9.55. The van der Waals surface area contributed by atoms with Crippen molar-refractivity contribution >= 4 is 5.78 Å². The Kier molecular flexibility index (Phi) is 6.67. The van der Waals surface area contributed by atoms with E-state index in [9.17, 15) is 61.0 Å². The van der Waals surface area contributed by atoms with Crippen LogP contribution < -0.4 is 0 Å². The van der Waals surface area contributed by atoms with Gasteiger partial charge in [-0.15, -0.1) is 0 Å². The SMILES string of the molecule is O=C(c1ccc(O)cc1O)c1c(-c2c(O)cc(O)cc2O)cc(-c2c(O)cc(O)cc2O)cc1-c1c(O)cc(O)cc1O. The van der Waals surface area contributed by atoms with E-state index in [2.05, 4.69) is 0 Å². The van der Waals surface area contributed by atoms with E-state index in [0.717, 1.165) is 66.7 Å². The standard InChI is InChI=1S/C31H22O12/c32-13-1-2-17(20(36)5-13)31(43)28-18(29-23(39)8-15(34)9-24(29)40)3-12(27-21(37)6-14(33)7-22(27)38)4-19(28)30-25(41)10-16(35)11-26(30)42/h1-11,32-42H. The van der Waals surface area contributed by atoms with Gasteiger partial charge in [0.1, 0.15) is 63.2 Å². The van der Waals surface area contributed by atoms with Gasteiger partial charge < -0.3 is 56.2 Å². The first-order valence-electron chi connectivity index (χ1n) is 12.3. The quantitative estimate of drug-likeness (QED) is 0.126. The molecule has 0 radical (unpaired) electrons. The number of ketones is 1. The lowest BCUT2D eigenvalue weighted by Gasteiger charge is -2.21. The number of rotatable bonds is 5. The molecule has 0 aromatic heterocycles. The molecule has 0 atom stereocenters. The van der Waals surface area contributed by atoms with Crippen LogP contribution in [-0.4, -0.2) is 62.0 Å². The van der Waals surface area contributed by atoms with Crippen LogP contribution in [0.4, 0.5) is 0 Å². The summed E-state index contributed by atoms with van der Waals surface area (Å²) in [5, 5.41) is 115. The van der Waals surface area contributed by atoms with Gasteiger partial charge in [-0.05, 0) is 29.8 Å². The zero-order chi connectivity index (χ0) is 31.3. The number of carbonyl (C=O) groups is 1. The van der Waals surface area contributed by atoms with E-state index in [-0.39, 0.29) is 28.0 Å². The van der Waals surface area contributed by atoms with Crippen LogP contribution in [0.2, 0.25) is 0 Å². The summed E-state index contributed by atoms with van der Waals surface area (Å²) in [5.74, 6) is -7.99. The minimum absolute atomic E-state index is 0.134. The van der Waals surface area contributed by atoms with E-state index >= 15 is 0 Å². The molecule has 43 heavy (non-hydrogen) atoms. The molecule has 0 unspecified atom stereocenters. The Bertz CT molecular complexity index is 1810. The van der Waals surface area contributed by atoms with E-state index in [0.29, 0.717) is 0 Å². The Hall–Kier alpha value is -6.43. The van der Waals surface area contributed by atoms with Crippen molar-refractivity contribution < 1.29 is 61.0 Å². The number of phenolic OH excluding ortho intramolecular Hbond substituents is 11. The lowest BCUT2D eigenvalue weighted by Crippen LogP contribution is -2.08. The molecule has 0 heterocycles. The molecule has 5 rings (SSSR count). The summed E-state index contributed by atoms with van der Waals surface area (Å²) >= 11 is 0. The summed E-state index contributed by atoms with van der Waals surface area (Å²) < 4.78 is 0. The highest BCUT2D eigenvalue weighted by atomic mass is 16.3. The van der Waals surface area contributed by atoms with Gasteiger partial charge in [-0.2, -0.15) is 0 Å². The Morgan fingerprint density at radius 2 is 0.744 bits per heavy atom. The van der Waals surface area contributed by atoms with Crippen LogP contribution in [0.1, 0.15) is 15.9 Å². The van der Waals surface area contributed by atoms with Gasteiger partial charge in [-0.25, -0.2) is 0 Å². The average molecular weight is 587 g/mol. The first-order valence-corrected chi connectivity index (χ1v) is 12.3. The molecule has 218 valence electrons. The maximum atomic E-state index is 14.2. The molecular formula is C31H22O12. The van der Waals surface area contributed by atoms with Crippen molar-refractivity contribution in [2.45, 2.75) is 0 Å². The van der Waals surface area contributed by atoms with Crippen LogP contribution in [0, 0.1) is 0 Å². The Morgan fingerprint density at radius 3 is 1.12 bits per heavy atom. The molecule has 0 saturated carbocycles. The highest BCUT2D eigenvalue weighted by molar-refractivity contribution is 6.19. The first kappa shape index (κ1) is 28.1. The predicted molar refractivity (Wildman–Crippen MR) is 151 cm³/mol. The molecule has 0 fully saturated rings. The maximum absolute atomic E-state index is 14.2. The fraction of sp³-hybridized carbons (Fsp3) is 0. The zero-order valence-electron chi connectivity index (χ0n) is 21.7. The molecule has 0 aliphatic heterocycles. The van der Waals surface area contributed by atoms with Gasteiger partial charge in [0.15, 0.2) is 5.78 Å². The Morgan fingerprint density at radius 1 is 0.395 bits per heavy atom. The molecule has 0 saturated heterocycles. The number of benzene rings is 5. The van der Waals surface area contributed by atoms with Crippen molar-refractivity contribution in [3.63, 3.8) is 0 Å². The van der Waals surface area contributed by atoms with Gasteiger partial charge in [-0.1, -0.05) is 0 Å². The third-order valence-electron chi connectivity index (χ3n) is 6.66. The monoisotopic (exact) mass is 586 g/mol. The second kappa shape index (κ2) is 10.2. The molecule has 11 N–H and O–H groups in total. The normalized spacial score (nSPS) is 11.0. The minimum atomic E-state index is -1.02. The average Bonchev–Trinajstić information content (AvgIpc) is 2.86. The third-order valence-corrected chi connectivity index (χ3v) is 6.66. The van der Waals surface area contributed by atoms with Crippen molar-refractivity contribution in [2.24, 2.45) is 0 Å². The smallest absolute Gasteiger partial charge is 0.198 e. The van der Waals surface area contributed by atoms with Crippen LogP contribution in [-0.2, 0) is 0 Å². The summed E-state index contributed by atoms with van der Waals surface area (Å²) in [4.78, 5) is 14.2. The molecule has 5 aromatic rings. The minimum Gasteiger partial charge on any atom is -0.508 e. The van der Waals surface area contributed by atoms with E-state index in [1.165, 1.54) is 0 Å². The van der Waals surface area contributed by atoms with Crippen LogP contribution in [0.25, 0.3) is 33.4 Å². The second-order valence-corrected chi connectivity index (χ2v) is 9.55. The highest BCUT2D eigenvalue weighted by Crippen LogP contribution is 2.52. The van der Waals surface area contributed by atoms with Crippen molar-refractivity contribution in [1.82, 2.24) is 0 Å². The van der Waals surface area contributed by atoms with Crippen LogP contribution in [0.3, 0.4) is 0 Å². The molecule has 0 aliphatic rings. The van der Waals surface area contributed by atoms with Gasteiger partial charge in [0.05, 0.1) is 22.3 Å². The van der Waals surface area contributed by atoms with E-state index in [1.54, 1.807) is 0 Å². The Labute approximate surface area is 241 Å². The largest absolute Gasteiger partial charge is 0.508 e. The van der Waals surface area contributed by atoms with Crippen molar-refractivity contribution in [3.05, 3.63) is 77.9 Å². The summed E-state index contributed by atoms with van der Waals surface area (Å²) in [6.07, 6.45) is 0. The summed E-state index contributed by atoms with van der Waals surface area (Å²) in [6.45, 7) is 0. The lowest BCUT2D eigenvalue weighted by molar-refractivity contribution is 0.103. The molecule has 0 aliphatic carbocycles. The number of aromatic hydroxyl groups is 11. The Balaban J connectivity index is 2.02. The van der Waals surface area contributed by atoms with Crippen LogP contribution >= 0.6 is 0 Å². The topological polar surface area (TPSA) is 240 Å². The fourth-order valence-electron chi connectivity index (χ4n) is 4.91. The van der Waals surface area contributed by atoms with E-state index in [4.69, 9.17) is 0 Å². The zero-order valence-corrected chi connectivity index (χ0v) is 21.7. The van der Waals surface area contributed by atoms with Gasteiger partial charge >= 0.3 is 0 Å². The molecule has 12 heteroatoms. The van der Waals surface area contributed by atoms with Gasteiger partial charge in [0.25, 0.3) is 0 Å². The van der Waals surface area contributed by atoms with Crippen molar-refractivity contribution in [3.8, 4) is 96.6 Å². The predicted octanol–water partition coefficient (Wildman–Crippen LogP) is 4.68. The van der Waals surface area contributed by atoms with Crippen LogP contribution in [0.15, 0.2) is 66.7 Å². The number of carbonyl (C=O) groups excluding carboxylic acids is 1. The van der Waals surface area contributed by atoms with E-state index < -0.39 is 85.5 Å². The summed E-state index contributed by atoms with van der Waals surface area (Å²) in [5.41, 5.74) is -2.95. The molecule has 0 spiro atoms. The first-order chi connectivity index (χ1) is 20.3. The molecule has 0 bridgehead atoms. The molecule has 12 nitrogen and oxygen atoms in total. The lowest BCUT2D eigenvalue weighted by atomic mass is 9.83. The van der Waals surface area contributed by atoms with Gasteiger partial charge in [0.2, 0.25) is 0 Å². The third kappa shape index (κ3) is 4.89. The van der Waals surface area contributed by atoms with E-state index in [1.807, 2.05) is 0 Å². The molecule has 0 amide bonds. The van der Waals surface area contributed by atoms with Gasteiger partial charge in [-0.3, -0.25) is 4.79 Å². The number of phenols is 11. The highest BCUT2D eigenvalue weighted by Gasteiger charge is 2.30. The maximum Gasteiger partial charge on any atom is 0.198 e. The number of hydrogen-bond acceptors (Lipinski definition) is 12. The molecular weight excluding hydrogens is 564 g/mol. The molecule has 5 aromatic carbocycles. The fourth-order valence-corrected chi connectivity index (χ4v) is 4.91. The summed E-state index contributed by atoms with van der Waals surface area (Å²) in [7, 11) is 0. The van der Waals surface area contributed by atoms with Crippen LogP contribution in [0.5, 0.6) is 63.2 Å². The number of hydrogen-bond donors (Lipinski definition) is 11. The van der Waals surface area contributed by atoms with Crippen molar-refractivity contribution in [1.29, 1.82) is 0 Å². The van der Waals surface area contributed by atoms with Crippen molar-refractivity contribution in [2.75, 3.05) is 0 Å².